The van der Waals surface area contributed by atoms with Gasteiger partial charge in [0.05, 0.1) is 7.11 Å². The van der Waals surface area contributed by atoms with Gasteiger partial charge in [0.1, 0.15) is 6.04 Å². The van der Waals surface area contributed by atoms with Crippen molar-refractivity contribution in [3.05, 3.63) is 71.8 Å². The molecule has 0 bridgehead atoms. The van der Waals surface area contributed by atoms with Gasteiger partial charge in [-0.1, -0.05) is 48.5 Å². The molecule has 1 atom stereocenters. The highest BCUT2D eigenvalue weighted by atomic mass is 16.5. The summed E-state index contributed by atoms with van der Waals surface area (Å²) in [5.41, 5.74) is 6.77. The van der Waals surface area contributed by atoms with Gasteiger partial charge in [-0.2, -0.15) is 0 Å². The van der Waals surface area contributed by atoms with Crippen LogP contribution in [-0.4, -0.2) is 25.0 Å². The number of hydrogen-bond acceptors (Lipinski definition) is 4. The molecule has 2 aromatic carbocycles. The maximum atomic E-state index is 12.0. The average molecular weight is 298 g/mol. The number of rotatable bonds is 6. The van der Waals surface area contributed by atoms with Crippen molar-refractivity contribution >= 4 is 11.9 Å². The third-order valence-electron chi connectivity index (χ3n) is 3.16. The molecule has 22 heavy (non-hydrogen) atoms. The van der Waals surface area contributed by atoms with E-state index in [0.717, 1.165) is 5.56 Å². The first-order chi connectivity index (χ1) is 10.7. The molecule has 0 aliphatic carbocycles. The van der Waals surface area contributed by atoms with Gasteiger partial charge in [-0.3, -0.25) is 15.0 Å². The van der Waals surface area contributed by atoms with E-state index in [4.69, 9.17) is 4.74 Å². The van der Waals surface area contributed by atoms with Gasteiger partial charge in [0.2, 0.25) is 0 Å². The Morgan fingerprint density at radius 2 is 1.59 bits per heavy atom. The van der Waals surface area contributed by atoms with Crippen LogP contribution in [0.15, 0.2) is 60.7 Å². The van der Waals surface area contributed by atoms with E-state index in [1.54, 1.807) is 24.3 Å². The number of benzene rings is 2. The summed E-state index contributed by atoms with van der Waals surface area (Å²) in [7, 11) is 1.32. The van der Waals surface area contributed by atoms with Crippen molar-refractivity contribution in [2.24, 2.45) is 0 Å². The summed E-state index contributed by atoms with van der Waals surface area (Å²) in [4.78, 5) is 23.8. The summed E-state index contributed by atoms with van der Waals surface area (Å²) >= 11 is 0. The molecule has 2 rings (SSSR count). The molecule has 5 heteroatoms. The molecule has 2 N–H and O–H groups in total. The van der Waals surface area contributed by atoms with E-state index in [9.17, 15) is 9.59 Å². The van der Waals surface area contributed by atoms with Crippen LogP contribution in [0, 0.1) is 0 Å². The van der Waals surface area contributed by atoms with Gasteiger partial charge in [0, 0.05) is 12.0 Å². The molecule has 0 aromatic heterocycles. The molecular weight excluding hydrogens is 280 g/mol. The predicted octanol–water partition coefficient (Wildman–Crippen LogP) is 1.71. The van der Waals surface area contributed by atoms with Crippen LogP contribution in [0.2, 0.25) is 0 Å². The van der Waals surface area contributed by atoms with Crippen molar-refractivity contribution in [1.82, 2.24) is 10.9 Å². The van der Waals surface area contributed by atoms with Crippen molar-refractivity contribution in [1.29, 1.82) is 0 Å². The van der Waals surface area contributed by atoms with Crippen molar-refractivity contribution in [3.63, 3.8) is 0 Å². The number of carbonyl (C=O) groups is 2. The number of hydrogen-bond donors (Lipinski definition) is 2. The second-order valence-electron chi connectivity index (χ2n) is 4.73. The van der Waals surface area contributed by atoms with Crippen LogP contribution in [0.1, 0.15) is 15.9 Å². The van der Waals surface area contributed by atoms with E-state index < -0.39 is 12.0 Å². The third-order valence-corrected chi connectivity index (χ3v) is 3.16. The molecule has 1 amide bonds. The van der Waals surface area contributed by atoms with Crippen LogP contribution in [-0.2, 0) is 16.0 Å². The zero-order valence-corrected chi connectivity index (χ0v) is 12.3. The highest BCUT2D eigenvalue weighted by Crippen LogP contribution is 2.04. The van der Waals surface area contributed by atoms with Crippen molar-refractivity contribution in [2.45, 2.75) is 12.5 Å². The average Bonchev–Trinajstić information content (AvgIpc) is 2.59. The molecule has 0 fully saturated rings. The molecule has 2 aromatic rings. The topological polar surface area (TPSA) is 67.4 Å². The first-order valence-corrected chi connectivity index (χ1v) is 6.93. The molecule has 0 aliphatic heterocycles. The van der Waals surface area contributed by atoms with Crippen molar-refractivity contribution < 1.29 is 14.3 Å². The summed E-state index contributed by atoms with van der Waals surface area (Å²) in [5.74, 6) is -0.736. The highest BCUT2D eigenvalue weighted by molar-refractivity contribution is 5.94. The maximum Gasteiger partial charge on any atom is 0.325 e. The van der Waals surface area contributed by atoms with E-state index in [-0.39, 0.29) is 5.91 Å². The fraction of sp³-hybridized carbons (Fsp3) is 0.176. The van der Waals surface area contributed by atoms with Crippen LogP contribution in [0.3, 0.4) is 0 Å². The van der Waals surface area contributed by atoms with Crippen LogP contribution >= 0.6 is 0 Å². The number of methoxy groups -OCH3 is 1. The summed E-state index contributed by atoms with van der Waals surface area (Å²) in [6.45, 7) is 0. The van der Waals surface area contributed by atoms with Crippen LogP contribution in [0.25, 0.3) is 0 Å². The summed E-state index contributed by atoms with van der Waals surface area (Å²) in [6, 6.07) is 17.6. The first kappa shape index (κ1) is 15.7. The lowest BCUT2D eigenvalue weighted by Gasteiger charge is -2.17. The van der Waals surface area contributed by atoms with E-state index in [0.29, 0.717) is 12.0 Å². The Morgan fingerprint density at radius 3 is 2.18 bits per heavy atom. The number of hydrazine groups is 1. The van der Waals surface area contributed by atoms with Gasteiger partial charge in [0.25, 0.3) is 5.91 Å². The second-order valence-corrected chi connectivity index (χ2v) is 4.73. The predicted molar refractivity (Wildman–Crippen MR) is 83.0 cm³/mol. The molecular formula is C17H18N2O3. The molecule has 0 saturated heterocycles. The van der Waals surface area contributed by atoms with Crippen molar-refractivity contribution in [3.8, 4) is 0 Å². The Morgan fingerprint density at radius 1 is 1.00 bits per heavy atom. The highest BCUT2D eigenvalue weighted by Gasteiger charge is 2.20. The van der Waals surface area contributed by atoms with Gasteiger partial charge in [0.15, 0.2) is 0 Å². The van der Waals surface area contributed by atoms with Gasteiger partial charge < -0.3 is 4.74 Å². The summed E-state index contributed by atoms with van der Waals surface area (Å²) in [5, 5.41) is 0. The monoisotopic (exact) mass is 298 g/mol. The zero-order chi connectivity index (χ0) is 15.8. The minimum atomic E-state index is -0.653. The van der Waals surface area contributed by atoms with Gasteiger partial charge >= 0.3 is 5.97 Å². The minimum Gasteiger partial charge on any atom is -0.468 e. The molecule has 114 valence electrons. The number of ether oxygens (including phenoxy) is 1. The first-order valence-electron chi connectivity index (χ1n) is 6.93. The van der Waals surface area contributed by atoms with Gasteiger partial charge in [-0.25, -0.2) is 5.43 Å². The lowest BCUT2D eigenvalue weighted by molar-refractivity contribution is -0.143. The fourth-order valence-corrected chi connectivity index (χ4v) is 2.00. The lowest BCUT2D eigenvalue weighted by atomic mass is 10.1. The normalized spacial score (nSPS) is 11.5. The Bertz CT molecular complexity index is 614. The Balaban J connectivity index is 1.98. The molecule has 0 radical (unpaired) electrons. The van der Waals surface area contributed by atoms with Crippen LogP contribution in [0.5, 0.6) is 0 Å². The summed E-state index contributed by atoms with van der Waals surface area (Å²) < 4.78 is 4.77. The van der Waals surface area contributed by atoms with Crippen LogP contribution < -0.4 is 10.9 Å². The molecule has 0 saturated carbocycles. The SMILES string of the molecule is COC(=O)C(Cc1ccccc1)NNC(=O)c1ccccc1. The maximum absolute atomic E-state index is 12.0. The Labute approximate surface area is 129 Å². The zero-order valence-electron chi connectivity index (χ0n) is 12.3. The molecule has 5 nitrogen and oxygen atoms in total. The van der Waals surface area contributed by atoms with Crippen LogP contribution in [0.4, 0.5) is 0 Å². The van der Waals surface area contributed by atoms with E-state index in [1.165, 1.54) is 7.11 Å². The third kappa shape index (κ3) is 4.43. The molecule has 1 unspecified atom stereocenters. The van der Waals surface area contributed by atoms with E-state index >= 15 is 0 Å². The minimum absolute atomic E-state index is 0.303. The smallest absolute Gasteiger partial charge is 0.325 e. The van der Waals surface area contributed by atoms with E-state index in [1.807, 2.05) is 36.4 Å². The summed E-state index contributed by atoms with van der Waals surface area (Å²) in [6.07, 6.45) is 0.419. The number of esters is 1. The van der Waals surface area contributed by atoms with Gasteiger partial charge in [-0.15, -0.1) is 0 Å². The Hall–Kier alpha value is -2.66. The quantitative estimate of drug-likeness (QED) is 0.629. The van der Waals surface area contributed by atoms with Crippen molar-refractivity contribution in [2.75, 3.05) is 7.11 Å². The number of carbonyl (C=O) groups excluding carboxylic acids is 2. The molecule has 0 aliphatic rings. The fourth-order valence-electron chi connectivity index (χ4n) is 2.00. The largest absolute Gasteiger partial charge is 0.468 e. The van der Waals surface area contributed by atoms with E-state index in [2.05, 4.69) is 10.9 Å². The second kappa shape index (κ2) is 7.95. The number of amides is 1. The lowest BCUT2D eigenvalue weighted by Crippen LogP contribution is -2.49. The van der Waals surface area contributed by atoms with Gasteiger partial charge in [-0.05, 0) is 17.7 Å². The molecule has 0 heterocycles. The Kier molecular flexibility index (Phi) is 5.68. The standard InChI is InChI=1S/C17H18N2O3/c1-22-17(21)15(12-13-8-4-2-5-9-13)18-19-16(20)14-10-6-3-7-11-14/h2-11,15,18H,12H2,1H3,(H,19,20). The molecule has 0 spiro atoms. The number of nitrogens with one attached hydrogen (secondary N) is 2.